The van der Waals surface area contributed by atoms with Crippen molar-refractivity contribution in [1.29, 1.82) is 0 Å². The first kappa shape index (κ1) is 20.8. The number of aliphatic carboxylic acids is 1. The summed E-state index contributed by atoms with van der Waals surface area (Å²) in [6.45, 7) is 1.34. The maximum Gasteiger partial charge on any atom is 0.319 e. The van der Waals surface area contributed by atoms with Crippen LogP contribution in [0.25, 0.3) is 0 Å². The summed E-state index contributed by atoms with van der Waals surface area (Å²) in [5, 5.41) is 24.8. The van der Waals surface area contributed by atoms with Gasteiger partial charge in [0.1, 0.15) is 5.82 Å². The molecule has 0 radical (unpaired) electrons. The van der Waals surface area contributed by atoms with Gasteiger partial charge in [-0.3, -0.25) is 14.9 Å². The molecule has 0 saturated carbocycles. The Morgan fingerprint density at radius 1 is 1.21 bits per heavy atom. The van der Waals surface area contributed by atoms with E-state index in [1.807, 2.05) is 30.3 Å². The van der Waals surface area contributed by atoms with Crippen molar-refractivity contribution in [3.63, 3.8) is 0 Å². The SMILES string of the molecule is Cc1c([N+](=O)[O-])ccc(F)c1NC(=O)NC(CCC(=O)O)Cc1ccccc1. The molecule has 2 rings (SSSR count). The van der Waals surface area contributed by atoms with Gasteiger partial charge in [0, 0.05) is 18.5 Å². The van der Waals surface area contributed by atoms with Gasteiger partial charge in [0.05, 0.1) is 16.2 Å². The number of nitro benzene ring substituents is 1. The predicted molar refractivity (Wildman–Crippen MR) is 101 cm³/mol. The topological polar surface area (TPSA) is 122 Å². The Kier molecular flexibility index (Phi) is 7.02. The van der Waals surface area contributed by atoms with E-state index in [4.69, 9.17) is 5.11 Å². The molecule has 0 heterocycles. The number of anilines is 1. The first-order valence-electron chi connectivity index (χ1n) is 8.54. The largest absolute Gasteiger partial charge is 0.481 e. The van der Waals surface area contributed by atoms with Crippen molar-refractivity contribution in [2.45, 2.75) is 32.2 Å². The molecule has 2 aromatic carbocycles. The minimum atomic E-state index is -0.999. The maximum absolute atomic E-state index is 14.0. The lowest BCUT2D eigenvalue weighted by Gasteiger charge is -2.19. The summed E-state index contributed by atoms with van der Waals surface area (Å²) in [4.78, 5) is 33.6. The molecule has 0 spiro atoms. The van der Waals surface area contributed by atoms with E-state index in [9.17, 15) is 24.1 Å². The second kappa shape index (κ2) is 9.45. The van der Waals surface area contributed by atoms with E-state index < -0.39 is 28.8 Å². The van der Waals surface area contributed by atoms with E-state index in [1.165, 1.54) is 6.92 Å². The fourth-order valence-electron chi connectivity index (χ4n) is 2.78. The summed E-state index contributed by atoms with van der Waals surface area (Å²) in [5.74, 6) is -1.80. The lowest BCUT2D eigenvalue weighted by atomic mass is 10.0. The second-order valence-electron chi connectivity index (χ2n) is 6.24. The van der Waals surface area contributed by atoms with Crippen molar-refractivity contribution < 1.29 is 24.0 Å². The minimum Gasteiger partial charge on any atom is -0.481 e. The lowest BCUT2D eigenvalue weighted by Crippen LogP contribution is -2.40. The highest BCUT2D eigenvalue weighted by Gasteiger charge is 2.21. The summed E-state index contributed by atoms with van der Waals surface area (Å²) >= 11 is 0. The molecule has 0 aliphatic rings. The third kappa shape index (κ3) is 5.76. The molecule has 2 aromatic rings. The molecular weight excluding hydrogens is 369 g/mol. The van der Waals surface area contributed by atoms with Crippen LogP contribution in [0.3, 0.4) is 0 Å². The summed E-state index contributed by atoms with van der Waals surface area (Å²) in [5.41, 5.74) is 0.285. The highest BCUT2D eigenvalue weighted by atomic mass is 19.1. The zero-order chi connectivity index (χ0) is 20.7. The quantitative estimate of drug-likeness (QED) is 0.470. The number of amides is 2. The zero-order valence-corrected chi connectivity index (χ0v) is 15.1. The first-order valence-corrected chi connectivity index (χ1v) is 8.54. The van der Waals surface area contributed by atoms with Gasteiger partial charge in [-0.25, -0.2) is 9.18 Å². The predicted octanol–water partition coefficient (Wildman–Crippen LogP) is 3.64. The normalized spacial score (nSPS) is 11.5. The number of hydrogen-bond donors (Lipinski definition) is 3. The number of carboxylic acid groups (broad SMARTS) is 1. The Morgan fingerprint density at radius 2 is 1.89 bits per heavy atom. The van der Waals surface area contributed by atoms with E-state index in [0.717, 1.165) is 17.7 Å². The molecule has 0 aliphatic carbocycles. The molecule has 0 saturated heterocycles. The number of halogens is 1. The van der Waals surface area contributed by atoms with Gasteiger partial charge in [-0.15, -0.1) is 0 Å². The van der Waals surface area contributed by atoms with Crippen LogP contribution in [0.1, 0.15) is 24.0 Å². The molecular formula is C19H20FN3O5. The fraction of sp³-hybridized carbons (Fsp3) is 0.263. The van der Waals surface area contributed by atoms with Crippen LogP contribution in [0.5, 0.6) is 0 Å². The fourth-order valence-corrected chi connectivity index (χ4v) is 2.78. The number of nitro groups is 1. The summed E-state index contributed by atoms with van der Waals surface area (Å²) in [6, 6.07) is 9.83. The number of carbonyl (C=O) groups is 2. The number of carboxylic acids is 1. The number of nitrogens with zero attached hydrogens (tertiary/aromatic N) is 1. The second-order valence-corrected chi connectivity index (χ2v) is 6.24. The maximum atomic E-state index is 14.0. The molecule has 1 atom stereocenters. The Morgan fingerprint density at radius 3 is 2.50 bits per heavy atom. The Balaban J connectivity index is 2.13. The Bertz CT molecular complexity index is 873. The van der Waals surface area contributed by atoms with Crippen LogP contribution in [0.15, 0.2) is 42.5 Å². The lowest BCUT2D eigenvalue weighted by molar-refractivity contribution is -0.385. The van der Waals surface area contributed by atoms with Crippen LogP contribution in [0.2, 0.25) is 0 Å². The summed E-state index contributed by atoms with van der Waals surface area (Å²) in [6.07, 6.45) is 0.411. The number of rotatable bonds is 8. The monoisotopic (exact) mass is 389 g/mol. The average molecular weight is 389 g/mol. The molecule has 0 aliphatic heterocycles. The van der Waals surface area contributed by atoms with Crippen LogP contribution >= 0.6 is 0 Å². The third-order valence-electron chi connectivity index (χ3n) is 4.19. The minimum absolute atomic E-state index is 0.00899. The van der Waals surface area contributed by atoms with Crippen LogP contribution in [0, 0.1) is 22.9 Å². The molecule has 8 nitrogen and oxygen atoms in total. The van der Waals surface area contributed by atoms with Gasteiger partial charge in [0.15, 0.2) is 0 Å². The number of hydrogen-bond acceptors (Lipinski definition) is 4. The van der Waals surface area contributed by atoms with Gasteiger partial charge >= 0.3 is 12.0 Å². The van der Waals surface area contributed by atoms with Crippen molar-refractivity contribution in [2.75, 3.05) is 5.32 Å². The molecule has 0 fully saturated rings. The number of carbonyl (C=O) groups excluding carboxylic acids is 1. The third-order valence-corrected chi connectivity index (χ3v) is 4.19. The molecule has 3 N–H and O–H groups in total. The van der Waals surface area contributed by atoms with Crippen molar-refractivity contribution in [1.82, 2.24) is 5.32 Å². The van der Waals surface area contributed by atoms with Crippen LogP contribution < -0.4 is 10.6 Å². The van der Waals surface area contributed by atoms with Crippen LogP contribution in [0.4, 0.5) is 20.6 Å². The number of urea groups is 1. The molecule has 0 bridgehead atoms. The van der Waals surface area contributed by atoms with Gasteiger partial charge in [-0.1, -0.05) is 30.3 Å². The first-order chi connectivity index (χ1) is 13.3. The van der Waals surface area contributed by atoms with E-state index in [0.29, 0.717) is 6.42 Å². The summed E-state index contributed by atoms with van der Waals surface area (Å²) in [7, 11) is 0. The van der Waals surface area contributed by atoms with Crippen LogP contribution in [-0.2, 0) is 11.2 Å². The van der Waals surface area contributed by atoms with Crippen LogP contribution in [-0.4, -0.2) is 28.1 Å². The molecule has 1 unspecified atom stereocenters. The highest BCUT2D eigenvalue weighted by molar-refractivity contribution is 5.91. The standard InChI is InChI=1S/C19H20FN3O5/c1-12-16(23(27)28)9-8-15(20)18(12)22-19(26)21-14(7-10-17(24)25)11-13-5-3-2-4-6-13/h2-6,8-9,14H,7,10-11H2,1H3,(H,24,25)(H2,21,22,26). The Hall–Kier alpha value is -3.49. The van der Waals surface area contributed by atoms with Gasteiger partial charge in [-0.05, 0) is 31.4 Å². The summed E-state index contributed by atoms with van der Waals surface area (Å²) < 4.78 is 14.0. The zero-order valence-electron chi connectivity index (χ0n) is 15.1. The smallest absolute Gasteiger partial charge is 0.319 e. The Labute approximate surface area is 160 Å². The molecule has 28 heavy (non-hydrogen) atoms. The number of nitrogens with one attached hydrogen (secondary N) is 2. The van der Waals surface area contributed by atoms with Gasteiger partial charge < -0.3 is 15.7 Å². The van der Waals surface area contributed by atoms with Gasteiger partial charge in [-0.2, -0.15) is 0 Å². The molecule has 9 heteroatoms. The van der Waals surface area contributed by atoms with E-state index in [2.05, 4.69) is 10.6 Å². The average Bonchev–Trinajstić information content (AvgIpc) is 2.63. The highest BCUT2D eigenvalue weighted by Crippen LogP contribution is 2.28. The van der Waals surface area contributed by atoms with Crippen molar-refractivity contribution >= 4 is 23.4 Å². The molecule has 0 aromatic heterocycles. The van der Waals surface area contributed by atoms with Gasteiger partial charge in [0.2, 0.25) is 0 Å². The molecule has 2 amide bonds. The van der Waals surface area contributed by atoms with Crippen molar-refractivity contribution in [3.05, 3.63) is 69.5 Å². The van der Waals surface area contributed by atoms with E-state index in [1.54, 1.807) is 0 Å². The molecule has 148 valence electrons. The van der Waals surface area contributed by atoms with E-state index >= 15 is 0 Å². The van der Waals surface area contributed by atoms with E-state index in [-0.39, 0.29) is 29.8 Å². The van der Waals surface area contributed by atoms with Gasteiger partial charge in [0.25, 0.3) is 5.69 Å². The van der Waals surface area contributed by atoms with Crippen molar-refractivity contribution in [2.24, 2.45) is 0 Å². The number of benzene rings is 2. The van der Waals surface area contributed by atoms with Crippen molar-refractivity contribution in [3.8, 4) is 0 Å².